The molecule has 0 atom stereocenters. The second-order valence-corrected chi connectivity index (χ2v) is 9.43. The molecule has 0 unspecified atom stereocenters. The van der Waals surface area contributed by atoms with Crippen molar-refractivity contribution in [2.24, 2.45) is 19.8 Å². The molecule has 4 rings (SSSR count). The van der Waals surface area contributed by atoms with Gasteiger partial charge in [0, 0.05) is 31.2 Å². The van der Waals surface area contributed by atoms with Crippen LogP contribution in [0, 0.1) is 6.92 Å². The first kappa shape index (κ1) is 25.7. The number of fused-ring (bicyclic) bond motifs is 1. The summed E-state index contributed by atoms with van der Waals surface area (Å²) in [6.07, 6.45) is -6.21. The van der Waals surface area contributed by atoms with Gasteiger partial charge in [-0.2, -0.15) is 23.4 Å². The number of aryl methyl sites for hydroxylation is 3. The third-order valence-electron chi connectivity index (χ3n) is 5.14. The van der Waals surface area contributed by atoms with Gasteiger partial charge < -0.3 is 11.1 Å². The van der Waals surface area contributed by atoms with Crippen LogP contribution in [-0.2, 0) is 20.3 Å². The number of carbonyl (C=O) groups is 2. The summed E-state index contributed by atoms with van der Waals surface area (Å²) >= 11 is 3.43. The van der Waals surface area contributed by atoms with E-state index in [0.29, 0.717) is 27.3 Å². The van der Waals surface area contributed by atoms with E-state index in [0.717, 1.165) is 13.1 Å². The molecule has 4 aromatic heterocycles. The molecule has 3 N–H and O–H groups in total. The Bertz CT molecular complexity index is 1540. The summed E-state index contributed by atoms with van der Waals surface area (Å²) < 4.78 is 68.7. The Balaban J connectivity index is 1.96. The predicted octanol–water partition coefficient (Wildman–Crippen LogP) is 4.81. The molecule has 2 amide bonds. The Hall–Kier alpha value is -3.40. The number of amides is 2. The van der Waals surface area contributed by atoms with E-state index >= 15 is 0 Å². The number of primary amides is 1. The van der Waals surface area contributed by atoms with Crippen LogP contribution in [0.5, 0.6) is 0 Å². The van der Waals surface area contributed by atoms with Gasteiger partial charge in [-0.25, -0.2) is 13.8 Å². The maximum absolute atomic E-state index is 13.6. The number of alkyl halides is 5. The van der Waals surface area contributed by atoms with Crippen molar-refractivity contribution in [3.63, 3.8) is 0 Å². The van der Waals surface area contributed by atoms with Gasteiger partial charge in [0.2, 0.25) is 0 Å². The van der Waals surface area contributed by atoms with Crippen molar-refractivity contribution < 1.29 is 31.5 Å². The van der Waals surface area contributed by atoms with E-state index in [2.05, 4.69) is 36.4 Å². The fraction of sp³-hybridized carbons (Fsp3) is 0.250. The maximum Gasteiger partial charge on any atom is 0.434 e. The first-order valence-electron chi connectivity index (χ1n) is 9.87. The summed E-state index contributed by atoms with van der Waals surface area (Å²) in [5.41, 5.74) is 3.93. The molecule has 4 heterocycles. The monoisotopic (exact) mass is 591 g/mol. The number of halogens is 6. The molecule has 0 radical (unpaired) electrons. The molecule has 0 aliphatic carbocycles. The molecule has 36 heavy (non-hydrogen) atoms. The highest BCUT2D eigenvalue weighted by Crippen LogP contribution is 2.43. The second kappa shape index (κ2) is 8.92. The van der Waals surface area contributed by atoms with Gasteiger partial charge in [0.1, 0.15) is 15.4 Å². The second-order valence-electron chi connectivity index (χ2n) is 7.63. The topological polar surface area (TPSA) is 121 Å². The number of carbonyl (C=O) groups excluding carboxylic acids is 2. The lowest BCUT2D eigenvalue weighted by Crippen LogP contribution is -2.17. The maximum atomic E-state index is 13.6. The SMILES string of the molecule is Cc1nn(C)cc1-c1cc(C(F)F)nc2sc(C(N)=O)c(NC(=O)c3nn(C)c(C(F)(F)F)c3Br)c12. The predicted molar refractivity (Wildman–Crippen MR) is 124 cm³/mol. The molecule has 0 aliphatic rings. The fourth-order valence-corrected chi connectivity index (χ4v) is 5.48. The normalized spacial score (nSPS) is 12.1. The van der Waals surface area contributed by atoms with Crippen LogP contribution in [0.4, 0.5) is 27.6 Å². The van der Waals surface area contributed by atoms with Crippen molar-refractivity contribution in [3.8, 4) is 11.1 Å². The Morgan fingerprint density at radius 1 is 1.19 bits per heavy atom. The number of anilines is 1. The largest absolute Gasteiger partial charge is 0.434 e. The molecule has 9 nitrogen and oxygen atoms in total. The van der Waals surface area contributed by atoms with Crippen LogP contribution >= 0.6 is 27.3 Å². The molecule has 16 heteroatoms. The van der Waals surface area contributed by atoms with Gasteiger partial charge in [0.15, 0.2) is 11.4 Å². The van der Waals surface area contributed by atoms with Crippen molar-refractivity contribution in [2.45, 2.75) is 19.5 Å². The summed E-state index contributed by atoms with van der Waals surface area (Å²) in [7, 11) is 2.63. The number of aromatic nitrogens is 5. The fourth-order valence-electron chi connectivity index (χ4n) is 3.72. The molecule has 0 aliphatic heterocycles. The van der Waals surface area contributed by atoms with Gasteiger partial charge in [-0.05, 0) is 34.5 Å². The summed E-state index contributed by atoms with van der Waals surface area (Å²) in [4.78, 5) is 28.9. The highest BCUT2D eigenvalue weighted by molar-refractivity contribution is 9.10. The number of nitrogens with zero attached hydrogens (tertiary/aromatic N) is 5. The first-order valence-corrected chi connectivity index (χ1v) is 11.5. The molecule has 0 fully saturated rings. The van der Waals surface area contributed by atoms with Crippen molar-refractivity contribution in [2.75, 3.05) is 5.32 Å². The Labute approximate surface area is 211 Å². The van der Waals surface area contributed by atoms with Crippen LogP contribution in [0.25, 0.3) is 21.3 Å². The summed E-state index contributed by atoms with van der Waals surface area (Å²) in [5.74, 6) is -2.10. The van der Waals surface area contributed by atoms with Gasteiger partial charge in [-0.1, -0.05) is 0 Å². The number of hydrogen-bond acceptors (Lipinski definition) is 6. The molecule has 0 spiro atoms. The van der Waals surface area contributed by atoms with Gasteiger partial charge in [0.25, 0.3) is 18.2 Å². The van der Waals surface area contributed by atoms with Crippen LogP contribution in [0.3, 0.4) is 0 Å². The van der Waals surface area contributed by atoms with Gasteiger partial charge in [-0.15, -0.1) is 11.3 Å². The zero-order chi connectivity index (χ0) is 26.7. The van der Waals surface area contributed by atoms with Crippen molar-refractivity contribution in [3.05, 3.63) is 44.4 Å². The lowest BCUT2D eigenvalue weighted by molar-refractivity contribution is -0.144. The van der Waals surface area contributed by atoms with E-state index in [1.165, 1.54) is 4.68 Å². The minimum atomic E-state index is -4.81. The lowest BCUT2D eigenvalue weighted by Gasteiger charge is -2.10. The van der Waals surface area contributed by atoms with Gasteiger partial charge in [0.05, 0.1) is 15.9 Å². The third kappa shape index (κ3) is 4.34. The lowest BCUT2D eigenvalue weighted by atomic mass is 10.0. The standard InChI is InChI=1S/C20H15BrF5N7O2S/c1-6-8(5-32(2)30-6)7-4-9(16(22)23)28-19-10(7)12(14(36-19)17(27)34)29-18(35)13-11(21)15(20(24,25)26)33(3)31-13/h4-5,16H,1-3H3,(H2,27,34)(H,29,35). The number of nitrogens with one attached hydrogen (secondary N) is 1. The summed E-state index contributed by atoms with van der Waals surface area (Å²) in [6, 6.07) is 1.10. The third-order valence-corrected chi connectivity index (χ3v) is 6.99. The first-order chi connectivity index (χ1) is 16.7. The molecule has 0 saturated heterocycles. The number of rotatable bonds is 5. The van der Waals surface area contributed by atoms with E-state index in [9.17, 15) is 31.5 Å². The average molecular weight is 592 g/mol. The molecule has 0 aromatic carbocycles. The van der Waals surface area contributed by atoms with Gasteiger partial charge in [-0.3, -0.25) is 19.0 Å². The molecule has 4 aromatic rings. The molecule has 0 bridgehead atoms. The Morgan fingerprint density at radius 2 is 1.86 bits per heavy atom. The minimum Gasteiger partial charge on any atom is -0.365 e. The number of hydrogen-bond donors (Lipinski definition) is 2. The number of nitrogens with two attached hydrogens (primary N) is 1. The van der Waals surface area contributed by atoms with E-state index in [1.807, 2.05) is 0 Å². The summed E-state index contributed by atoms with van der Waals surface area (Å²) in [5, 5.41) is 10.3. The van der Waals surface area contributed by atoms with Crippen molar-refractivity contribution >= 4 is 55.0 Å². The minimum absolute atomic E-state index is 0.0359. The highest BCUT2D eigenvalue weighted by atomic mass is 79.9. The number of pyridine rings is 1. The molecular weight excluding hydrogens is 577 g/mol. The van der Waals surface area contributed by atoms with E-state index in [-0.39, 0.29) is 26.3 Å². The number of thiophene rings is 1. The Morgan fingerprint density at radius 3 is 2.36 bits per heavy atom. The zero-order valence-electron chi connectivity index (χ0n) is 18.5. The molecule has 0 saturated carbocycles. The zero-order valence-corrected chi connectivity index (χ0v) is 20.9. The van der Waals surface area contributed by atoms with Crippen LogP contribution < -0.4 is 11.1 Å². The van der Waals surface area contributed by atoms with E-state index in [1.54, 1.807) is 20.2 Å². The van der Waals surface area contributed by atoms with Crippen molar-refractivity contribution in [1.82, 2.24) is 24.5 Å². The smallest absolute Gasteiger partial charge is 0.365 e. The van der Waals surface area contributed by atoms with Gasteiger partial charge >= 0.3 is 6.18 Å². The van der Waals surface area contributed by atoms with Crippen molar-refractivity contribution in [1.29, 1.82) is 0 Å². The Kier molecular flexibility index (Phi) is 6.36. The van der Waals surface area contributed by atoms with E-state index in [4.69, 9.17) is 5.73 Å². The molecular formula is C20H15BrF5N7O2S. The van der Waals surface area contributed by atoms with Crippen LogP contribution in [0.1, 0.15) is 43.7 Å². The van der Waals surface area contributed by atoms with E-state index < -0.39 is 46.0 Å². The van der Waals surface area contributed by atoms with Crippen LogP contribution in [0.2, 0.25) is 0 Å². The van der Waals surface area contributed by atoms with Crippen LogP contribution in [0.15, 0.2) is 16.7 Å². The summed E-state index contributed by atoms with van der Waals surface area (Å²) in [6.45, 7) is 1.63. The van der Waals surface area contributed by atoms with Crippen LogP contribution in [-0.4, -0.2) is 36.4 Å². The molecule has 190 valence electrons. The average Bonchev–Trinajstić information content (AvgIpc) is 3.39. The quantitative estimate of drug-likeness (QED) is 0.323. The highest BCUT2D eigenvalue weighted by Gasteiger charge is 2.40.